The first-order chi connectivity index (χ1) is 15.0. The summed E-state index contributed by atoms with van der Waals surface area (Å²) in [7, 11) is 1.59. The molecule has 3 aromatic rings. The van der Waals surface area contributed by atoms with E-state index >= 15 is 0 Å². The van der Waals surface area contributed by atoms with Crippen LogP contribution in [-0.2, 0) is 4.74 Å². The maximum absolute atomic E-state index is 11.7. The van der Waals surface area contributed by atoms with Crippen LogP contribution in [0.3, 0.4) is 0 Å². The van der Waals surface area contributed by atoms with Crippen LogP contribution in [0.2, 0.25) is 0 Å². The van der Waals surface area contributed by atoms with E-state index in [4.69, 9.17) is 18.9 Å². The molecule has 0 amide bonds. The van der Waals surface area contributed by atoms with Gasteiger partial charge in [0.05, 0.1) is 7.11 Å². The van der Waals surface area contributed by atoms with Crippen molar-refractivity contribution in [3.8, 4) is 23.0 Å². The third-order valence-electron chi connectivity index (χ3n) is 5.87. The Morgan fingerprint density at radius 2 is 1.61 bits per heavy atom. The molecular formula is C24H20O7. The number of methoxy groups -OCH3 is 1. The summed E-state index contributed by atoms with van der Waals surface area (Å²) in [5.74, 6) is 1.28. The molecule has 0 aromatic heterocycles. The Kier molecular flexibility index (Phi) is 4.58. The van der Waals surface area contributed by atoms with Gasteiger partial charge in [0.25, 0.3) is 0 Å². The lowest BCUT2D eigenvalue weighted by Gasteiger charge is -2.25. The number of hydrogen-bond donors (Lipinski definition) is 2. The van der Waals surface area contributed by atoms with Crippen molar-refractivity contribution in [3.63, 3.8) is 0 Å². The molecule has 0 radical (unpaired) electrons. The van der Waals surface area contributed by atoms with Crippen molar-refractivity contribution in [3.05, 3.63) is 82.9 Å². The second kappa shape index (κ2) is 7.43. The zero-order valence-electron chi connectivity index (χ0n) is 16.6. The van der Waals surface area contributed by atoms with Crippen molar-refractivity contribution < 1.29 is 34.0 Å². The number of ether oxygens (including phenoxy) is 4. The number of aromatic hydroxyl groups is 1. The molecule has 0 bridgehead atoms. The molecule has 5 rings (SSSR count). The lowest BCUT2D eigenvalue weighted by Crippen LogP contribution is -2.26. The van der Waals surface area contributed by atoms with Gasteiger partial charge in [-0.1, -0.05) is 24.3 Å². The van der Waals surface area contributed by atoms with E-state index in [-0.39, 0.29) is 18.5 Å². The van der Waals surface area contributed by atoms with Crippen molar-refractivity contribution in [2.45, 2.75) is 17.9 Å². The molecule has 3 aromatic carbocycles. The number of fused-ring (bicyclic) bond motifs is 2. The van der Waals surface area contributed by atoms with Gasteiger partial charge in [-0.15, -0.1) is 0 Å². The molecule has 0 spiro atoms. The summed E-state index contributed by atoms with van der Waals surface area (Å²) in [4.78, 5) is 11.7. The fourth-order valence-electron chi connectivity index (χ4n) is 4.57. The second-order valence-corrected chi connectivity index (χ2v) is 7.50. The van der Waals surface area contributed by atoms with Gasteiger partial charge in [0.1, 0.15) is 17.6 Å². The average molecular weight is 420 g/mol. The van der Waals surface area contributed by atoms with E-state index in [1.165, 1.54) is 0 Å². The zero-order valence-corrected chi connectivity index (χ0v) is 16.6. The molecule has 3 unspecified atom stereocenters. The van der Waals surface area contributed by atoms with Crippen LogP contribution in [0.15, 0.2) is 60.7 Å². The van der Waals surface area contributed by atoms with Gasteiger partial charge < -0.3 is 29.2 Å². The maximum atomic E-state index is 11.7. The lowest BCUT2D eigenvalue weighted by molar-refractivity contribution is 0.0433. The molecule has 7 heteroatoms. The smallest absolute Gasteiger partial charge is 0.506 e. The number of carboxylic acid groups (broad SMARTS) is 1. The minimum Gasteiger partial charge on any atom is -0.508 e. The predicted molar refractivity (Wildman–Crippen MR) is 110 cm³/mol. The Labute approximate surface area is 178 Å². The highest BCUT2D eigenvalue weighted by atomic mass is 16.7. The molecular weight excluding hydrogens is 400 g/mol. The predicted octanol–water partition coefficient (Wildman–Crippen LogP) is 4.47. The van der Waals surface area contributed by atoms with E-state index in [1.54, 1.807) is 19.2 Å². The van der Waals surface area contributed by atoms with Crippen LogP contribution in [0.5, 0.6) is 23.0 Å². The molecule has 1 aliphatic carbocycles. The van der Waals surface area contributed by atoms with Gasteiger partial charge in [0.2, 0.25) is 6.79 Å². The third kappa shape index (κ3) is 3.28. The summed E-state index contributed by atoms with van der Waals surface area (Å²) in [6.07, 6.45) is -2.09. The van der Waals surface area contributed by atoms with Crippen LogP contribution in [0.25, 0.3) is 0 Å². The van der Waals surface area contributed by atoms with Gasteiger partial charge in [-0.05, 0) is 58.7 Å². The van der Waals surface area contributed by atoms with E-state index < -0.39 is 18.2 Å². The van der Waals surface area contributed by atoms with Crippen molar-refractivity contribution in [1.82, 2.24) is 0 Å². The lowest BCUT2D eigenvalue weighted by atomic mass is 9.87. The summed E-state index contributed by atoms with van der Waals surface area (Å²) >= 11 is 0. The van der Waals surface area contributed by atoms with E-state index in [0.29, 0.717) is 17.2 Å². The van der Waals surface area contributed by atoms with Gasteiger partial charge in [-0.2, -0.15) is 0 Å². The summed E-state index contributed by atoms with van der Waals surface area (Å²) in [5.41, 5.74) is 3.42. The molecule has 0 fully saturated rings. The fraction of sp³-hybridized carbons (Fsp3) is 0.208. The Morgan fingerprint density at radius 3 is 2.35 bits per heavy atom. The topological polar surface area (TPSA) is 94.5 Å². The standard InChI is InChI=1S/C24H20O7/c1-28-16-6-2-13(3-7-16)21-18-11-15(25)5-8-17(18)22(23(21)31-24(26)27)14-4-9-19-20(10-14)30-12-29-19/h2-11,21-23,25H,12H2,1H3,(H,26,27). The van der Waals surface area contributed by atoms with Gasteiger partial charge in [0.15, 0.2) is 11.5 Å². The molecule has 7 nitrogen and oxygen atoms in total. The maximum Gasteiger partial charge on any atom is 0.506 e. The van der Waals surface area contributed by atoms with Gasteiger partial charge in [-0.25, -0.2) is 4.79 Å². The number of phenolic OH excluding ortho intramolecular Hbond substituents is 1. The highest BCUT2D eigenvalue weighted by Gasteiger charge is 2.45. The molecule has 0 saturated carbocycles. The van der Waals surface area contributed by atoms with E-state index in [0.717, 1.165) is 22.3 Å². The third-order valence-corrected chi connectivity index (χ3v) is 5.87. The molecule has 1 aliphatic heterocycles. The number of benzene rings is 3. The van der Waals surface area contributed by atoms with Crippen LogP contribution < -0.4 is 14.2 Å². The normalized spacial score (nSPS) is 20.9. The summed E-state index contributed by atoms with van der Waals surface area (Å²) in [5, 5.41) is 19.7. The number of carbonyl (C=O) groups is 1. The van der Waals surface area contributed by atoms with Crippen molar-refractivity contribution in [1.29, 1.82) is 0 Å². The summed E-state index contributed by atoms with van der Waals surface area (Å²) < 4.78 is 21.7. The van der Waals surface area contributed by atoms with Crippen LogP contribution in [0, 0.1) is 0 Å². The van der Waals surface area contributed by atoms with E-state index in [2.05, 4.69) is 0 Å². The number of hydrogen-bond acceptors (Lipinski definition) is 6. The highest BCUT2D eigenvalue weighted by Crippen LogP contribution is 2.52. The molecule has 0 saturated heterocycles. The first kappa shape index (κ1) is 19.1. The Morgan fingerprint density at radius 1 is 0.903 bits per heavy atom. The van der Waals surface area contributed by atoms with Crippen molar-refractivity contribution in [2.75, 3.05) is 13.9 Å². The first-order valence-electron chi connectivity index (χ1n) is 9.81. The zero-order chi connectivity index (χ0) is 21.5. The first-order valence-corrected chi connectivity index (χ1v) is 9.81. The molecule has 1 heterocycles. The Bertz CT molecular complexity index is 1140. The minimum absolute atomic E-state index is 0.109. The Balaban J connectivity index is 1.67. The van der Waals surface area contributed by atoms with E-state index in [1.807, 2.05) is 48.5 Å². The Hall–Kier alpha value is -3.87. The highest BCUT2D eigenvalue weighted by molar-refractivity contribution is 5.61. The van der Waals surface area contributed by atoms with E-state index in [9.17, 15) is 15.0 Å². The van der Waals surface area contributed by atoms with Gasteiger partial charge in [-0.3, -0.25) is 0 Å². The molecule has 2 N–H and O–H groups in total. The second-order valence-electron chi connectivity index (χ2n) is 7.50. The summed E-state index contributed by atoms with van der Waals surface area (Å²) in [6.45, 7) is 0.150. The minimum atomic E-state index is -1.36. The number of rotatable bonds is 4. The van der Waals surface area contributed by atoms with Crippen molar-refractivity contribution in [2.24, 2.45) is 0 Å². The van der Waals surface area contributed by atoms with Crippen LogP contribution >= 0.6 is 0 Å². The molecule has 2 aliphatic rings. The van der Waals surface area contributed by atoms with Crippen molar-refractivity contribution >= 4 is 6.16 Å². The van der Waals surface area contributed by atoms with Crippen LogP contribution in [0.4, 0.5) is 4.79 Å². The quantitative estimate of drug-likeness (QED) is 0.602. The summed E-state index contributed by atoms with van der Waals surface area (Å²) in [6, 6.07) is 18.1. The van der Waals surface area contributed by atoms with Gasteiger partial charge in [0, 0.05) is 11.8 Å². The van der Waals surface area contributed by atoms with Gasteiger partial charge >= 0.3 is 6.16 Å². The monoisotopic (exact) mass is 420 g/mol. The SMILES string of the molecule is COc1ccc(C2c3cc(O)ccc3C(c3ccc4c(c3)OCO4)C2OC(=O)O)cc1. The molecule has 31 heavy (non-hydrogen) atoms. The van der Waals surface area contributed by atoms with Crippen LogP contribution in [-0.4, -0.2) is 36.4 Å². The largest absolute Gasteiger partial charge is 0.508 e. The number of phenols is 1. The average Bonchev–Trinajstić information content (AvgIpc) is 3.34. The van der Waals surface area contributed by atoms with Crippen LogP contribution in [0.1, 0.15) is 34.1 Å². The fourth-order valence-corrected chi connectivity index (χ4v) is 4.57. The molecule has 3 atom stereocenters. The molecule has 158 valence electrons.